The quantitative estimate of drug-likeness (QED) is 0.227. The number of halogens is 1. The first-order chi connectivity index (χ1) is 20.3. The van der Waals surface area contributed by atoms with Gasteiger partial charge < -0.3 is 40.4 Å². The largest absolute Gasteiger partial charge is 0.472 e. The van der Waals surface area contributed by atoms with Crippen molar-refractivity contribution in [3.63, 3.8) is 0 Å². The summed E-state index contributed by atoms with van der Waals surface area (Å²) < 4.78 is 62.9. The maximum absolute atomic E-state index is 15.9. The molecule has 7 N–H and O–H groups in total. The summed E-state index contributed by atoms with van der Waals surface area (Å²) >= 11 is 5.14. The SMILES string of the molecule is NC(=O)c1cc([C@@H]2O[C@@H]3COP(=O)(O)O[C@H]4[C@@H](F)[C@H](n5cnc6c(N)ncnc65)O[C@@H]4COP(O)(=S)O[C@H]3[C@H]2O)ccn1. The monoisotopic (exact) mass is 663 g/mol. The third-order valence-corrected chi connectivity index (χ3v) is 9.49. The Hall–Kier alpha value is -2.58. The number of aliphatic hydroxyl groups is 1. The van der Waals surface area contributed by atoms with Crippen molar-refractivity contribution in [1.82, 2.24) is 24.5 Å². The summed E-state index contributed by atoms with van der Waals surface area (Å²) in [6.07, 6.45) is -8.70. The van der Waals surface area contributed by atoms with Gasteiger partial charge in [-0.15, -0.1) is 0 Å². The first-order valence-electron chi connectivity index (χ1n) is 12.5. The molecule has 3 saturated heterocycles. The number of nitrogen functional groups attached to an aromatic ring is 1. The van der Waals surface area contributed by atoms with Crippen molar-refractivity contribution in [3.05, 3.63) is 42.2 Å². The molecule has 0 saturated carbocycles. The number of nitrogens with zero attached hydrogens (tertiary/aromatic N) is 5. The first-order valence-corrected chi connectivity index (χ1v) is 16.6. The summed E-state index contributed by atoms with van der Waals surface area (Å²) in [6.45, 7) is -5.61. The zero-order valence-corrected chi connectivity index (χ0v) is 24.2. The van der Waals surface area contributed by atoms with Gasteiger partial charge in [-0.3, -0.25) is 27.9 Å². The molecule has 0 radical (unpaired) electrons. The number of hydrogen-bond donors (Lipinski definition) is 5. The topological polar surface area (TPSA) is 259 Å². The Morgan fingerprint density at radius 2 is 1.84 bits per heavy atom. The molecule has 0 aromatic carbocycles. The number of nitrogens with two attached hydrogens (primary N) is 2. The number of hydrogen-bond acceptors (Lipinski definition) is 15. The van der Waals surface area contributed by atoms with Crippen LogP contribution >= 0.6 is 14.5 Å². The number of rotatable bonds is 3. The lowest BCUT2D eigenvalue weighted by Gasteiger charge is -2.29. The Balaban J connectivity index is 1.27. The molecule has 43 heavy (non-hydrogen) atoms. The van der Waals surface area contributed by atoms with Crippen LogP contribution in [-0.4, -0.2) is 95.2 Å². The molecule has 0 aliphatic carbocycles. The van der Waals surface area contributed by atoms with Crippen LogP contribution in [0, 0.1) is 0 Å². The van der Waals surface area contributed by atoms with Gasteiger partial charge in [-0.25, -0.2) is 23.9 Å². The van der Waals surface area contributed by atoms with Crippen molar-refractivity contribution in [2.75, 3.05) is 18.9 Å². The Labute approximate surface area is 245 Å². The number of fused-ring (bicyclic) bond motifs is 3. The average Bonchev–Trinajstić information content (AvgIpc) is 3.61. The van der Waals surface area contributed by atoms with E-state index < -0.39 is 82.7 Å². The average molecular weight is 663 g/mol. The van der Waals surface area contributed by atoms with E-state index in [4.69, 9.17) is 50.8 Å². The van der Waals surface area contributed by atoms with Gasteiger partial charge in [0.05, 0.1) is 19.5 Å². The highest BCUT2D eigenvalue weighted by atomic mass is 32.5. The number of pyridine rings is 1. The number of carbonyl (C=O) groups is 1. The Bertz CT molecular complexity index is 1650. The van der Waals surface area contributed by atoms with Gasteiger partial charge in [-0.1, -0.05) is 0 Å². The molecule has 10 atom stereocenters. The molecule has 0 bridgehead atoms. The Kier molecular flexibility index (Phi) is 8.08. The maximum Gasteiger partial charge on any atom is 0.472 e. The molecule has 3 aliphatic rings. The summed E-state index contributed by atoms with van der Waals surface area (Å²) in [5.74, 6) is -0.804. The molecule has 1 amide bonds. The number of phosphoric acid groups is 1. The highest BCUT2D eigenvalue weighted by molar-refractivity contribution is 8.07. The fourth-order valence-corrected chi connectivity index (χ4v) is 7.38. The second-order valence-electron chi connectivity index (χ2n) is 9.69. The van der Waals surface area contributed by atoms with Gasteiger partial charge >= 0.3 is 14.5 Å². The van der Waals surface area contributed by atoms with E-state index in [9.17, 15) is 24.3 Å². The third-order valence-electron chi connectivity index (χ3n) is 6.94. The smallest absolute Gasteiger partial charge is 0.387 e. The summed E-state index contributed by atoms with van der Waals surface area (Å²) in [7, 11) is -5.03. The number of amides is 1. The number of imidazole rings is 1. The van der Waals surface area contributed by atoms with Gasteiger partial charge in [-0.05, 0) is 29.5 Å². The van der Waals surface area contributed by atoms with Gasteiger partial charge in [0.1, 0.15) is 54.2 Å². The van der Waals surface area contributed by atoms with E-state index in [1.54, 1.807) is 0 Å². The first kappa shape index (κ1) is 30.4. The number of ether oxygens (including phenoxy) is 2. The van der Waals surface area contributed by atoms with Crippen LogP contribution in [-0.2, 0) is 43.9 Å². The molecule has 6 rings (SSSR count). The summed E-state index contributed by atoms with van der Waals surface area (Å²) in [4.78, 5) is 48.8. The fourth-order valence-electron chi connectivity index (χ4n) is 4.98. The third kappa shape index (κ3) is 5.94. The lowest BCUT2D eigenvalue weighted by atomic mass is 10.0. The van der Waals surface area contributed by atoms with Crippen molar-refractivity contribution >= 4 is 49.2 Å². The van der Waals surface area contributed by atoms with Crippen LogP contribution in [0.1, 0.15) is 28.4 Å². The molecule has 0 spiro atoms. The maximum atomic E-state index is 15.9. The number of carbonyl (C=O) groups excluding carboxylic acids is 1. The van der Waals surface area contributed by atoms with Gasteiger partial charge in [-0.2, -0.15) is 0 Å². The highest BCUT2D eigenvalue weighted by Gasteiger charge is 2.53. The molecule has 3 aromatic heterocycles. The Morgan fingerprint density at radius 3 is 2.60 bits per heavy atom. The van der Waals surface area contributed by atoms with E-state index >= 15 is 4.39 Å². The van der Waals surface area contributed by atoms with E-state index in [-0.39, 0.29) is 28.2 Å². The summed E-state index contributed by atoms with van der Waals surface area (Å²) in [5, 5.41) is 11.1. The van der Waals surface area contributed by atoms with Crippen molar-refractivity contribution in [2.24, 2.45) is 5.73 Å². The molecule has 3 aliphatic heterocycles. The molecule has 3 fully saturated rings. The minimum Gasteiger partial charge on any atom is -0.387 e. The lowest BCUT2D eigenvalue weighted by Crippen LogP contribution is -2.38. The molecule has 6 heterocycles. The van der Waals surface area contributed by atoms with E-state index in [1.165, 1.54) is 29.2 Å². The number of anilines is 1. The molecular formula is C21H24FN7O11P2S. The highest BCUT2D eigenvalue weighted by Crippen LogP contribution is 2.54. The second kappa shape index (κ2) is 11.4. The van der Waals surface area contributed by atoms with Gasteiger partial charge in [0.25, 0.3) is 5.91 Å². The van der Waals surface area contributed by atoms with Crippen LogP contribution < -0.4 is 11.5 Å². The number of aromatic nitrogens is 5. The molecule has 3 aromatic rings. The van der Waals surface area contributed by atoms with Crippen LogP contribution in [0.2, 0.25) is 0 Å². The second-order valence-corrected chi connectivity index (χ2v) is 13.9. The van der Waals surface area contributed by atoms with E-state index in [1.807, 2.05) is 0 Å². The zero-order chi connectivity index (χ0) is 30.7. The van der Waals surface area contributed by atoms with Crippen molar-refractivity contribution in [1.29, 1.82) is 0 Å². The van der Waals surface area contributed by atoms with Crippen LogP contribution in [0.4, 0.5) is 10.2 Å². The number of primary amides is 1. The van der Waals surface area contributed by atoms with Crippen LogP contribution in [0.3, 0.4) is 0 Å². The zero-order valence-electron chi connectivity index (χ0n) is 21.6. The van der Waals surface area contributed by atoms with Crippen molar-refractivity contribution in [3.8, 4) is 0 Å². The number of phosphoric ester groups is 1. The van der Waals surface area contributed by atoms with Crippen LogP contribution in [0.5, 0.6) is 0 Å². The Morgan fingerprint density at radius 1 is 1.09 bits per heavy atom. The minimum atomic E-state index is -5.03. The molecular weight excluding hydrogens is 639 g/mol. The van der Waals surface area contributed by atoms with Crippen LogP contribution in [0.15, 0.2) is 31.0 Å². The van der Waals surface area contributed by atoms with E-state index in [0.717, 1.165) is 6.33 Å². The lowest BCUT2D eigenvalue weighted by molar-refractivity contribution is -0.0571. The van der Waals surface area contributed by atoms with Gasteiger partial charge in [0.2, 0.25) is 0 Å². The summed E-state index contributed by atoms with van der Waals surface area (Å²) in [6, 6.07) is 2.71. The van der Waals surface area contributed by atoms with Gasteiger partial charge in [0.15, 0.2) is 23.9 Å². The minimum absolute atomic E-state index is 0.0315. The predicted molar refractivity (Wildman–Crippen MR) is 143 cm³/mol. The normalized spacial score (nSPS) is 38.6. The van der Waals surface area contributed by atoms with E-state index in [2.05, 4.69) is 19.9 Å². The van der Waals surface area contributed by atoms with Crippen molar-refractivity contribution < 1.29 is 56.2 Å². The molecule has 232 valence electrons. The van der Waals surface area contributed by atoms with Crippen LogP contribution in [0.25, 0.3) is 11.2 Å². The summed E-state index contributed by atoms with van der Waals surface area (Å²) in [5.41, 5.74) is 11.5. The molecule has 2 unspecified atom stereocenters. The fraction of sp³-hybridized carbons (Fsp3) is 0.476. The van der Waals surface area contributed by atoms with E-state index in [0.29, 0.717) is 0 Å². The van der Waals surface area contributed by atoms with Gasteiger partial charge in [0, 0.05) is 6.20 Å². The standard InChI is InChI=1S/C21H24FN7O11P2S/c22-12-16-10(38-21(12)29-7-28-13-18(23)26-6-27-20(13)29)5-36-42(34,43)40-17-11(4-35-41(32,33)39-16)37-15(14(17)30)8-1-2-25-9(3-8)19(24)31/h1-3,6-7,10-12,14-17,21,30H,4-5H2,(H2,24,31)(H,32,33)(H,34,43)(H2,23,26,27)/t10-,11-,12-,14+,15+,16-,17-,21-,42?/m1/s1. The number of alkyl halides is 1. The molecule has 22 heteroatoms. The number of aliphatic hydroxyl groups excluding tert-OH is 1. The predicted octanol–water partition coefficient (Wildman–Crippen LogP) is -0.227. The molecule has 18 nitrogen and oxygen atoms in total. The van der Waals surface area contributed by atoms with Crippen molar-refractivity contribution in [2.45, 2.75) is 49.0 Å².